The summed E-state index contributed by atoms with van der Waals surface area (Å²) in [6.45, 7) is 13.3. The van der Waals surface area contributed by atoms with Crippen molar-refractivity contribution in [2.75, 3.05) is 50.7 Å². The third-order valence-electron chi connectivity index (χ3n) is 6.32. The summed E-state index contributed by atoms with van der Waals surface area (Å²) in [6, 6.07) is 9.48. The SMILES string of the molecule is Cc1ccccc1N1CCN([C@H]2CCCN(CCCn3nnnc3C)C2)CC1. The van der Waals surface area contributed by atoms with E-state index in [1.807, 2.05) is 11.6 Å². The molecule has 0 unspecified atom stereocenters. The molecule has 1 aromatic heterocycles. The molecular weight excluding hydrogens is 350 g/mol. The molecule has 2 saturated heterocycles. The van der Waals surface area contributed by atoms with Crippen molar-refractivity contribution in [3.05, 3.63) is 35.7 Å². The number of aryl methyl sites for hydroxylation is 3. The number of para-hydroxylation sites is 1. The van der Waals surface area contributed by atoms with Crippen LogP contribution in [0, 0.1) is 13.8 Å². The number of hydrogen-bond acceptors (Lipinski definition) is 6. The molecule has 3 heterocycles. The highest BCUT2D eigenvalue weighted by molar-refractivity contribution is 5.53. The topological polar surface area (TPSA) is 53.3 Å². The Morgan fingerprint density at radius 3 is 2.57 bits per heavy atom. The van der Waals surface area contributed by atoms with Crippen molar-refractivity contribution in [1.82, 2.24) is 30.0 Å². The second-order valence-electron chi connectivity index (χ2n) is 8.21. The number of rotatable bonds is 6. The zero-order valence-electron chi connectivity index (χ0n) is 17.3. The second kappa shape index (κ2) is 9.01. The van der Waals surface area contributed by atoms with E-state index in [4.69, 9.17) is 0 Å². The molecule has 0 N–H and O–H groups in total. The van der Waals surface area contributed by atoms with Gasteiger partial charge < -0.3 is 9.80 Å². The minimum atomic E-state index is 0.711. The Kier molecular flexibility index (Phi) is 6.22. The van der Waals surface area contributed by atoms with Gasteiger partial charge in [-0.25, -0.2) is 4.68 Å². The Bertz CT molecular complexity index is 751. The molecule has 0 saturated carbocycles. The molecule has 0 spiro atoms. The first-order valence-corrected chi connectivity index (χ1v) is 10.7. The molecule has 2 aliphatic heterocycles. The minimum Gasteiger partial charge on any atom is -0.369 e. The van der Waals surface area contributed by atoms with Crippen LogP contribution in [0.2, 0.25) is 0 Å². The van der Waals surface area contributed by atoms with Gasteiger partial charge in [-0.3, -0.25) is 4.90 Å². The van der Waals surface area contributed by atoms with Crippen LogP contribution in [0.3, 0.4) is 0 Å². The molecule has 2 fully saturated rings. The maximum absolute atomic E-state index is 4.05. The van der Waals surface area contributed by atoms with Crippen molar-refractivity contribution >= 4 is 5.69 Å². The predicted molar refractivity (Wildman–Crippen MR) is 112 cm³/mol. The average molecular weight is 384 g/mol. The van der Waals surface area contributed by atoms with E-state index in [0.29, 0.717) is 6.04 Å². The van der Waals surface area contributed by atoms with Crippen molar-refractivity contribution in [2.45, 2.75) is 45.7 Å². The van der Waals surface area contributed by atoms with Crippen LogP contribution in [-0.4, -0.2) is 81.9 Å². The number of tetrazole rings is 1. The number of likely N-dealkylation sites (tertiary alicyclic amines) is 1. The summed E-state index contributed by atoms with van der Waals surface area (Å²) in [7, 11) is 0. The van der Waals surface area contributed by atoms with Gasteiger partial charge >= 0.3 is 0 Å². The Hall–Kier alpha value is -1.99. The maximum atomic E-state index is 4.05. The lowest BCUT2D eigenvalue weighted by atomic mass is 10.0. The van der Waals surface area contributed by atoms with Gasteiger partial charge in [-0.2, -0.15) is 0 Å². The standard InChI is InChI=1S/C21H33N7/c1-18-7-3-4-9-21(18)27-15-13-26(14-16-27)20-8-5-10-25(17-20)11-6-12-28-19(2)22-23-24-28/h3-4,7,9,20H,5-6,8,10-17H2,1-2H3/t20-/m0/s1. The lowest BCUT2D eigenvalue weighted by molar-refractivity contribution is 0.0911. The molecule has 2 aliphatic rings. The number of nitrogens with zero attached hydrogens (tertiary/aromatic N) is 7. The number of piperazine rings is 1. The number of piperidine rings is 1. The molecule has 7 heteroatoms. The van der Waals surface area contributed by atoms with Crippen LogP contribution >= 0.6 is 0 Å². The molecule has 1 aromatic carbocycles. The quantitative estimate of drug-likeness (QED) is 0.760. The van der Waals surface area contributed by atoms with E-state index in [-0.39, 0.29) is 0 Å². The highest BCUT2D eigenvalue weighted by atomic mass is 15.5. The summed E-state index contributed by atoms with van der Waals surface area (Å²) < 4.78 is 1.91. The zero-order chi connectivity index (χ0) is 19.3. The van der Waals surface area contributed by atoms with Gasteiger partial charge in [0.2, 0.25) is 0 Å². The summed E-state index contributed by atoms with van der Waals surface area (Å²) in [5.41, 5.74) is 2.79. The van der Waals surface area contributed by atoms with Crippen LogP contribution in [0.5, 0.6) is 0 Å². The predicted octanol–water partition coefficient (Wildman–Crippen LogP) is 1.97. The van der Waals surface area contributed by atoms with Gasteiger partial charge in [-0.1, -0.05) is 18.2 Å². The molecule has 0 amide bonds. The molecule has 28 heavy (non-hydrogen) atoms. The molecule has 1 atom stereocenters. The largest absolute Gasteiger partial charge is 0.369 e. The van der Waals surface area contributed by atoms with Gasteiger partial charge in [-0.15, -0.1) is 5.10 Å². The van der Waals surface area contributed by atoms with Crippen LogP contribution in [0.4, 0.5) is 5.69 Å². The fraction of sp³-hybridized carbons (Fsp3) is 0.667. The Morgan fingerprint density at radius 1 is 1.00 bits per heavy atom. The van der Waals surface area contributed by atoms with E-state index < -0.39 is 0 Å². The van der Waals surface area contributed by atoms with Crippen molar-refractivity contribution in [2.24, 2.45) is 0 Å². The van der Waals surface area contributed by atoms with Crippen molar-refractivity contribution < 1.29 is 0 Å². The van der Waals surface area contributed by atoms with Crippen molar-refractivity contribution in [1.29, 1.82) is 0 Å². The Balaban J connectivity index is 1.24. The summed E-state index contributed by atoms with van der Waals surface area (Å²) in [4.78, 5) is 7.93. The average Bonchev–Trinajstić information content (AvgIpc) is 3.14. The zero-order valence-corrected chi connectivity index (χ0v) is 17.3. The smallest absolute Gasteiger partial charge is 0.148 e. The summed E-state index contributed by atoms with van der Waals surface area (Å²) in [5.74, 6) is 0.906. The fourth-order valence-electron chi connectivity index (χ4n) is 4.68. The highest BCUT2D eigenvalue weighted by Gasteiger charge is 2.28. The summed E-state index contributed by atoms with van der Waals surface area (Å²) >= 11 is 0. The van der Waals surface area contributed by atoms with Crippen molar-refractivity contribution in [3.63, 3.8) is 0 Å². The van der Waals surface area contributed by atoms with E-state index in [0.717, 1.165) is 38.4 Å². The van der Waals surface area contributed by atoms with Gasteiger partial charge in [-0.05, 0) is 68.3 Å². The van der Waals surface area contributed by atoms with E-state index in [1.54, 1.807) is 0 Å². The minimum absolute atomic E-state index is 0.711. The van der Waals surface area contributed by atoms with Crippen LogP contribution in [0.25, 0.3) is 0 Å². The second-order valence-corrected chi connectivity index (χ2v) is 8.21. The normalized spacial score (nSPS) is 21.9. The highest BCUT2D eigenvalue weighted by Crippen LogP contribution is 2.23. The molecular formula is C21H33N7. The van der Waals surface area contributed by atoms with E-state index in [9.17, 15) is 0 Å². The third kappa shape index (κ3) is 4.52. The summed E-state index contributed by atoms with van der Waals surface area (Å²) in [6.07, 6.45) is 3.76. The first-order chi connectivity index (χ1) is 13.7. The van der Waals surface area contributed by atoms with E-state index in [1.165, 1.54) is 50.3 Å². The third-order valence-corrected chi connectivity index (χ3v) is 6.32. The molecule has 152 valence electrons. The molecule has 0 aliphatic carbocycles. The number of aromatic nitrogens is 4. The van der Waals surface area contributed by atoms with Crippen LogP contribution in [-0.2, 0) is 6.54 Å². The van der Waals surface area contributed by atoms with Gasteiger partial charge in [0.1, 0.15) is 5.82 Å². The molecule has 4 rings (SSSR count). The Labute approximate surface area is 168 Å². The van der Waals surface area contributed by atoms with Gasteiger partial charge in [0, 0.05) is 51.0 Å². The number of hydrogen-bond donors (Lipinski definition) is 0. The molecule has 7 nitrogen and oxygen atoms in total. The van der Waals surface area contributed by atoms with Crippen molar-refractivity contribution in [3.8, 4) is 0 Å². The van der Waals surface area contributed by atoms with Crippen LogP contribution in [0.1, 0.15) is 30.7 Å². The molecule has 0 bridgehead atoms. The summed E-state index contributed by atoms with van der Waals surface area (Å²) in [5, 5.41) is 11.7. The van der Waals surface area contributed by atoms with Crippen LogP contribution < -0.4 is 4.90 Å². The Morgan fingerprint density at radius 2 is 1.82 bits per heavy atom. The van der Waals surface area contributed by atoms with E-state index >= 15 is 0 Å². The lowest BCUT2D eigenvalue weighted by Crippen LogP contribution is -2.55. The van der Waals surface area contributed by atoms with Gasteiger partial charge in [0.05, 0.1) is 0 Å². The number of anilines is 1. The van der Waals surface area contributed by atoms with Gasteiger partial charge in [0.25, 0.3) is 0 Å². The molecule has 0 radical (unpaired) electrons. The first-order valence-electron chi connectivity index (χ1n) is 10.7. The van der Waals surface area contributed by atoms with Gasteiger partial charge in [0.15, 0.2) is 0 Å². The van der Waals surface area contributed by atoms with E-state index in [2.05, 4.69) is 61.4 Å². The maximum Gasteiger partial charge on any atom is 0.148 e. The number of benzene rings is 1. The monoisotopic (exact) mass is 383 g/mol. The van der Waals surface area contributed by atoms with Crippen LogP contribution in [0.15, 0.2) is 24.3 Å². The first kappa shape index (κ1) is 19.3. The lowest BCUT2D eigenvalue weighted by Gasteiger charge is -2.44. The molecule has 2 aromatic rings. The fourth-order valence-corrected chi connectivity index (χ4v) is 4.68.